The fourth-order valence-electron chi connectivity index (χ4n) is 2.06. The maximum absolute atomic E-state index is 12.1. The van der Waals surface area contributed by atoms with Gasteiger partial charge in [0.2, 0.25) is 0 Å². The molecule has 0 atom stereocenters. The van der Waals surface area contributed by atoms with Gasteiger partial charge in [-0.15, -0.1) is 0 Å². The lowest BCUT2D eigenvalue weighted by Crippen LogP contribution is -2.39. The van der Waals surface area contributed by atoms with Crippen LogP contribution in [-0.2, 0) is 0 Å². The highest BCUT2D eigenvalue weighted by molar-refractivity contribution is 7.99. The van der Waals surface area contributed by atoms with Crippen LogP contribution in [0.25, 0.3) is 0 Å². The van der Waals surface area contributed by atoms with E-state index in [1.165, 1.54) is 0 Å². The Labute approximate surface area is 129 Å². The van der Waals surface area contributed by atoms with Crippen molar-refractivity contribution >= 4 is 17.7 Å². The second kappa shape index (κ2) is 8.67. The zero-order valence-electron chi connectivity index (χ0n) is 11.8. The first-order valence-electron chi connectivity index (χ1n) is 6.94. The van der Waals surface area contributed by atoms with Crippen LogP contribution in [0.2, 0.25) is 0 Å². The first kappa shape index (κ1) is 15.8. The highest BCUT2D eigenvalue weighted by Gasteiger charge is 2.13. The van der Waals surface area contributed by atoms with E-state index in [-0.39, 0.29) is 12.5 Å². The quantitative estimate of drug-likeness (QED) is 0.778. The molecule has 0 radical (unpaired) electrons. The number of carbonyl (C=O) groups is 1. The summed E-state index contributed by atoms with van der Waals surface area (Å²) in [5.41, 5.74) is 0.853. The third kappa shape index (κ3) is 5.05. The maximum Gasteiger partial charge on any atom is 0.271 e. The molecule has 0 bridgehead atoms. The van der Waals surface area contributed by atoms with E-state index in [9.17, 15) is 4.79 Å². The lowest BCUT2D eigenvalue weighted by molar-refractivity contribution is 0.0943. The summed E-state index contributed by atoms with van der Waals surface area (Å²) < 4.78 is 0. The molecule has 0 aliphatic carbocycles. The van der Waals surface area contributed by atoms with Gasteiger partial charge in [0.25, 0.3) is 5.91 Å². The molecule has 1 saturated heterocycles. The van der Waals surface area contributed by atoms with E-state index < -0.39 is 0 Å². The summed E-state index contributed by atoms with van der Waals surface area (Å²) >= 11 is 1.97. The first-order valence-corrected chi connectivity index (χ1v) is 8.10. The average molecular weight is 305 g/mol. The number of hydrogen-bond donors (Lipinski definition) is 2. The normalized spacial score (nSPS) is 15.1. The third-order valence-electron chi connectivity index (χ3n) is 3.14. The van der Waals surface area contributed by atoms with E-state index in [2.05, 4.69) is 27.0 Å². The first-order chi connectivity index (χ1) is 10.3. The SMILES string of the molecule is O=C(NCCN1CCSCC1)c1ncccc1C#CCO. The molecule has 1 aliphatic heterocycles. The minimum Gasteiger partial charge on any atom is -0.384 e. The molecule has 0 saturated carbocycles. The molecule has 1 aliphatic rings. The number of aliphatic hydroxyl groups excluding tert-OH is 1. The summed E-state index contributed by atoms with van der Waals surface area (Å²) in [6.07, 6.45) is 1.57. The zero-order valence-corrected chi connectivity index (χ0v) is 12.7. The number of rotatable bonds is 4. The van der Waals surface area contributed by atoms with Gasteiger partial charge in [-0.25, -0.2) is 4.98 Å². The zero-order chi connectivity index (χ0) is 14.9. The number of pyridine rings is 1. The molecule has 0 spiro atoms. The molecule has 1 aromatic rings. The van der Waals surface area contributed by atoms with Crippen molar-refractivity contribution in [3.63, 3.8) is 0 Å². The van der Waals surface area contributed by atoms with E-state index in [1.54, 1.807) is 18.3 Å². The number of nitrogens with one attached hydrogen (secondary N) is 1. The Hall–Kier alpha value is -1.55. The van der Waals surface area contributed by atoms with Crippen molar-refractivity contribution in [3.8, 4) is 11.8 Å². The Morgan fingerprint density at radius 3 is 3.05 bits per heavy atom. The lowest BCUT2D eigenvalue weighted by Gasteiger charge is -2.25. The second-order valence-corrected chi connectivity index (χ2v) is 5.79. The van der Waals surface area contributed by atoms with E-state index in [0.29, 0.717) is 17.8 Å². The van der Waals surface area contributed by atoms with Gasteiger partial charge in [-0.05, 0) is 12.1 Å². The molecule has 2 heterocycles. The fourth-order valence-corrected chi connectivity index (χ4v) is 3.04. The number of aromatic nitrogens is 1. The highest BCUT2D eigenvalue weighted by atomic mass is 32.2. The second-order valence-electron chi connectivity index (χ2n) is 4.57. The van der Waals surface area contributed by atoms with Crippen molar-refractivity contribution in [3.05, 3.63) is 29.6 Å². The minimum absolute atomic E-state index is 0.218. The molecule has 2 rings (SSSR count). The van der Waals surface area contributed by atoms with Crippen LogP contribution in [-0.4, -0.2) is 65.2 Å². The summed E-state index contributed by atoms with van der Waals surface area (Å²) in [5.74, 6) is 7.40. The fraction of sp³-hybridized carbons (Fsp3) is 0.467. The van der Waals surface area contributed by atoms with Crippen molar-refractivity contribution in [1.29, 1.82) is 0 Å². The van der Waals surface area contributed by atoms with Crippen LogP contribution in [0.4, 0.5) is 0 Å². The summed E-state index contributed by atoms with van der Waals surface area (Å²) in [4.78, 5) is 18.6. The molecule has 1 amide bonds. The van der Waals surface area contributed by atoms with Gasteiger partial charge in [0, 0.05) is 43.9 Å². The molecule has 21 heavy (non-hydrogen) atoms. The van der Waals surface area contributed by atoms with Gasteiger partial charge in [-0.3, -0.25) is 9.69 Å². The molecular formula is C15H19N3O2S. The van der Waals surface area contributed by atoms with Gasteiger partial charge in [0.05, 0.1) is 5.56 Å². The molecule has 6 heteroatoms. The summed E-state index contributed by atoms with van der Waals surface area (Å²) in [5, 5.41) is 11.6. The molecule has 1 fully saturated rings. The summed E-state index contributed by atoms with van der Waals surface area (Å²) in [6, 6.07) is 3.45. The third-order valence-corrected chi connectivity index (χ3v) is 4.08. The van der Waals surface area contributed by atoms with Crippen LogP contribution in [0.3, 0.4) is 0 Å². The van der Waals surface area contributed by atoms with E-state index >= 15 is 0 Å². The van der Waals surface area contributed by atoms with Crippen LogP contribution in [0.5, 0.6) is 0 Å². The van der Waals surface area contributed by atoms with Gasteiger partial charge in [-0.1, -0.05) is 11.8 Å². The van der Waals surface area contributed by atoms with E-state index in [1.807, 2.05) is 11.8 Å². The summed E-state index contributed by atoms with van der Waals surface area (Å²) in [7, 11) is 0. The summed E-state index contributed by atoms with van der Waals surface area (Å²) in [6.45, 7) is 3.39. The molecule has 2 N–H and O–H groups in total. The number of hydrogen-bond acceptors (Lipinski definition) is 5. The number of nitrogens with zero attached hydrogens (tertiary/aromatic N) is 2. The monoisotopic (exact) mass is 305 g/mol. The topological polar surface area (TPSA) is 65.5 Å². The van der Waals surface area contributed by atoms with Crippen LogP contribution in [0.15, 0.2) is 18.3 Å². The van der Waals surface area contributed by atoms with Gasteiger partial charge < -0.3 is 10.4 Å². The van der Waals surface area contributed by atoms with Crippen molar-refractivity contribution < 1.29 is 9.90 Å². The Kier molecular flexibility index (Phi) is 6.54. The van der Waals surface area contributed by atoms with E-state index in [0.717, 1.165) is 31.1 Å². The number of thioether (sulfide) groups is 1. The Bertz CT molecular complexity index is 533. The average Bonchev–Trinajstić information content (AvgIpc) is 2.54. The van der Waals surface area contributed by atoms with Gasteiger partial charge in [0.1, 0.15) is 12.3 Å². The van der Waals surface area contributed by atoms with Crippen molar-refractivity contribution in [2.45, 2.75) is 0 Å². The Morgan fingerprint density at radius 2 is 2.29 bits per heavy atom. The largest absolute Gasteiger partial charge is 0.384 e. The highest BCUT2D eigenvalue weighted by Crippen LogP contribution is 2.08. The molecule has 0 aromatic carbocycles. The van der Waals surface area contributed by atoms with Crippen molar-refractivity contribution in [2.75, 3.05) is 44.3 Å². The van der Waals surface area contributed by atoms with E-state index in [4.69, 9.17) is 5.11 Å². The smallest absolute Gasteiger partial charge is 0.271 e. The Morgan fingerprint density at radius 1 is 1.48 bits per heavy atom. The van der Waals surface area contributed by atoms with Crippen molar-refractivity contribution in [2.24, 2.45) is 0 Å². The number of amides is 1. The lowest BCUT2D eigenvalue weighted by atomic mass is 10.2. The van der Waals surface area contributed by atoms with Gasteiger partial charge in [-0.2, -0.15) is 11.8 Å². The molecule has 0 unspecified atom stereocenters. The van der Waals surface area contributed by atoms with Crippen LogP contribution in [0.1, 0.15) is 16.1 Å². The Balaban J connectivity index is 1.88. The van der Waals surface area contributed by atoms with Crippen molar-refractivity contribution in [1.82, 2.24) is 15.2 Å². The molecular weight excluding hydrogens is 286 g/mol. The molecule has 5 nitrogen and oxygen atoms in total. The number of carbonyl (C=O) groups excluding carboxylic acids is 1. The van der Waals surface area contributed by atoms with Crippen LogP contribution >= 0.6 is 11.8 Å². The van der Waals surface area contributed by atoms with Gasteiger partial charge in [0.15, 0.2) is 0 Å². The molecule has 112 valence electrons. The number of aliphatic hydroxyl groups is 1. The maximum atomic E-state index is 12.1. The van der Waals surface area contributed by atoms with Crippen LogP contribution in [0, 0.1) is 11.8 Å². The predicted octanol–water partition coefficient (Wildman–Crippen LogP) is 0.204. The van der Waals surface area contributed by atoms with Crippen LogP contribution < -0.4 is 5.32 Å². The standard InChI is InChI=1S/C15H19N3O2S/c19-10-2-4-13-3-1-5-16-14(13)15(20)17-6-7-18-8-11-21-12-9-18/h1,3,5,19H,6-12H2,(H,17,20). The minimum atomic E-state index is -0.233. The predicted molar refractivity (Wildman–Crippen MR) is 84.3 cm³/mol. The molecule has 1 aromatic heterocycles. The van der Waals surface area contributed by atoms with Gasteiger partial charge >= 0.3 is 0 Å².